The lowest BCUT2D eigenvalue weighted by Gasteiger charge is -2.39. The van der Waals surface area contributed by atoms with E-state index in [2.05, 4.69) is 0 Å². The Labute approximate surface area is 112 Å². The second kappa shape index (κ2) is 5.86. The molecule has 1 aromatic rings. The fourth-order valence-corrected chi connectivity index (χ4v) is 2.46. The Balaban J connectivity index is 2.26. The summed E-state index contributed by atoms with van der Waals surface area (Å²) in [5.41, 5.74) is -0.221. The standard InChI is InChI=1S/C14H19FO4/c1-17-12-4-3-10(9-11(12)15)13(16)14(18-2)5-7-19-8-6-14/h3-4,9,13,16H,5-8H2,1-2H3. The van der Waals surface area contributed by atoms with Crippen molar-refractivity contribution in [3.8, 4) is 5.75 Å². The zero-order chi connectivity index (χ0) is 13.9. The molecule has 0 aromatic heterocycles. The van der Waals surface area contributed by atoms with Gasteiger partial charge in [0.05, 0.1) is 7.11 Å². The summed E-state index contributed by atoms with van der Waals surface area (Å²) in [5, 5.41) is 10.5. The third kappa shape index (κ3) is 2.73. The van der Waals surface area contributed by atoms with Gasteiger partial charge in [0, 0.05) is 33.2 Å². The number of hydrogen-bond donors (Lipinski definition) is 1. The first-order valence-electron chi connectivity index (χ1n) is 6.27. The van der Waals surface area contributed by atoms with Gasteiger partial charge in [0.1, 0.15) is 11.7 Å². The van der Waals surface area contributed by atoms with E-state index in [1.165, 1.54) is 19.2 Å². The van der Waals surface area contributed by atoms with Crippen LogP contribution < -0.4 is 4.74 Å². The number of aliphatic hydroxyl groups is 1. The highest BCUT2D eigenvalue weighted by Gasteiger charge is 2.40. The number of methoxy groups -OCH3 is 2. The highest BCUT2D eigenvalue weighted by molar-refractivity contribution is 5.31. The minimum Gasteiger partial charge on any atom is -0.494 e. The number of ether oxygens (including phenoxy) is 3. The highest BCUT2D eigenvalue weighted by Crippen LogP contribution is 2.38. The molecule has 19 heavy (non-hydrogen) atoms. The van der Waals surface area contributed by atoms with Crippen LogP contribution in [0.4, 0.5) is 4.39 Å². The van der Waals surface area contributed by atoms with Crippen LogP contribution in [0.5, 0.6) is 5.75 Å². The van der Waals surface area contributed by atoms with E-state index in [1.807, 2.05) is 0 Å². The lowest BCUT2D eigenvalue weighted by atomic mass is 9.84. The van der Waals surface area contributed by atoms with Crippen molar-refractivity contribution in [1.29, 1.82) is 0 Å². The van der Waals surface area contributed by atoms with Crippen LogP contribution in [0.1, 0.15) is 24.5 Å². The Morgan fingerprint density at radius 1 is 1.32 bits per heavy atom. The first-order valence-corrected chi connectivity index (χ1v) is 6.27. The largest absolute Gasteiger partial charge is 0.494 e. The Bertz CT molecular complexity index is 429. The average molecular weight is 270 g/mol. The summed E-state index contributed by atoms with van der Waals surface area (Å²) in [6.45, 7) is 1.06. The van der Waals surface area contributed by atoms with Gasteiger partial charge in [-0.2, -0.15) is 0 Å². The van der Waals surface area contributed by atoms with Crippen molar-refractivity contribution < 1.29 is 23.7 Å². The van der Waals surface area contributed by atoms with Crippen molar-refractivity contribution in [2.24, 2.45) is 0 Å². The van der Waals surface area contributed by atoms with Gasteiger partial charge in [-0.25, -0.2) is 4.39 Å². The molecular formula is C14H19FO4. The van der Waals surface area contributed by atoms with Gasteiger partial charge in [-0.3, -0.25) is 0 Å². The molecule has 1 aromatic carbocycles. The van der Waals surface area contributed by atoms with E-state index < -0.39 is 17.5 Å². The van der Waals surface area contributed by atoms with Gasteiger partial charge in [0.2, 0.25) is 0 Å². The van der Waals surface area contributed by atoms with E-state index in [0.717, 1.165) is 0 Å². The Kier molecular flexibility index (Phi) is 4.39. The van der Waals surface area contributed by atoms with Gasteiger partial charge >= 0.3 is 0 Å². The Hall–Kier alpha value is -1.17. The van der Waals surface area contributed by atoms with E-state index in [-0.39, 0.29) is 5.75 Å². The normalized spacial score (nSPS) is 20.0. The molecule has 106 valence electrons. The van der Waals surface area contributed by atoms with Crippen LogP contribution in [0.3, 0.4) is 0 Å². The number of hydrogen-bond acceptors (Lipinski definition) is 4. The quantitative estimate of drug-likeness (QED) is 0.910. The topological polar surface area (TPSA) is 47.9 Å². The predicted molar refractivity (Wildman–Crippen MR) is 67.7 cm³/mol. The number of halogens is 1. The SMILES string of the molecule is COc1ccc(C(O)C2(OC)CCOCC2)cc1F. The third-order valence-electron chi connectivity index (χ3n) is 3.74. The second-order valence-corrected chi connectivity index (χ2v) is 4.68. The fraction of sp³-hybridized carbons (Fsp3) is 0.571. The zero-order valence-electron chi connectivity index (χ0n) is 11.2. The van der Waals surface area contributed by atoms with Crippen molar-refractivity contribution in [3.63, 3.8) is 0 Å². The van der Waals surface area contributed by atoms with E-state index >= 15 is 0 Å². The molecular weight excluding hydrogens is 251 g/mol. The minimum atomic E-state index is -0.887. The van der Waals surface area contributed by atoms with Gasteiger partial charge in [0.15, 0.2) is 11.6 Å². The molecule has 4 nitrogen and oxygen atoms in total. The average Bonchev–Trinajstić information content (AvgIpc) is 2.47. The molecule has 1 aliphatic heterocycles. The van der Waals surface area contributed by atoms with Crippen molar-refractivity contribution in [2.75, 3.05) is 27.4 Å². The lowest BCUT2D eigenvalue weighted by molar-refractivity contribution is -0.154. The third-order valence-corrected chi connectivity index (χ3v) is 3.74. The summed E-state index contributed by atoms with van der Waals surface area (Å²) < 4.78 is 29.4. The van der Waals surface area contributed by atoms with E-state index in [1.54, 1.807) is 13.2 Å². The smallest absolute Gasteiger partial charge is 0.165 e. The maximum Gasteiger partial charge on any atom is 0.165 e. The van der Waals surface area contributed by atoms with E-state index in [4.69, 9.17) is 14.2 Å². The van der Waals surface area contributed by atoms with Gasteiger partial charge in [0.25, 0.3) is 0 Å². The van der Waals surface area contributed by atoms with Crippen LogP contribution >= 0.6 is 0 Å². The lowest BCUT2D eigenvalue weighted by Crippen LogP contribution is -2.43. The summed E-state index contributed by atoms with van der Waals surface area (Å²) in [4.78, 5) is 0. The summed E-state index contributed by atoms with van der Waals surface area (Å²) in [6.07, 6.45) is 0.276. The Morgan fingerprint density at radius 3 is 2.53 bits per heavy atom. The maximum atomic E-state index is 13.7. The monoisotopic (exact) mass is 270 g/mol. The summed E-state index contributed by atoms with van der Waals surface area (Å²) >= 11 is 0. The van der Waals surface area contributed by atoms with Crippen LogP contribution in [-0.4, -0.2) is 38.1 Å². The predicted octanol–water partition coefficient (Wildman–Crippen LogP) is 2.06. The number of benzene rings is 1. The van der Waals surface area contributed by atoms with Crippen LogP contribution in [0, 0.1) is 5.82 Å². The van der Waals surface area contributed by atoms with E-state index in [9.17, 15) is 9.50 Å². The first kappa shape index (κ1) is 14.2. The fourth-order valence-electron chi connectivity index (χ4n) is 2.46. The molecule has 1 aliphatic rings. The molecule has 0 saturated carbocycles. The van der Waals surface area contributed by atoms with Gasteiger partial charge in [-0.05, 0) is 17.7 Å². The van der Waals surface area contributed by atoms with Crippen molar-refractivity contribution in [3.05, 3.63) is 29.6 Å². The van der Waals surface area contributed by atoms with Gasteiger partial charge in [-0.1, -0.05) is 6.07 Å². The van der Waals surface area contributed by atoms with Crippen LogP contribution in [0.15, 0.2) is 18.2 Å². The van der Waals surface area contributed by atoms with Crippen molar-refractivity contribution in [2.45, 2.75) is 24.5 Å². The second-order valence-electron chi connectivity index (χ2n) is 4.68. The number of rotatable bonds is 4. The molecule has 1 atom stereocenters. The van der Waals surface area contributed by atoms with Crippen LogP contribution in [0.25, 0.3) is 0 Å². The molecule has 1 N–H and O–H groups in total. The molecule has 5 heteroatoms. The molecule has 1 heterocycles. The molecule has 0 aliphatic carbocycles. The molecule has 0 radical (unpaired) electrons. The Morgan fingerprint density at radius 2 is 2.00 bits per heavy atom. The van der Waals surface area contributed by atoms with Crippen molar-refractivity contribution in [1.82, 2.24) is 0 Å². The molecule has 0 spiro atoms. The minimum absolute atomic E-state index is 0.161. The molecule has 1 fully saturated rings. The molecule has 2 rings (SSSR count). The molecule has 1 saturated heterocycles. The van der Waals surface area contributed by atoms with Gasteiger partial charge < -0.3 is 19.3 Å². The molecule has 0 bridgehead atoms. The summed E-state index contributed by atoms with van der Waals surface area (Å²) in [7, 11) is 2.97. The van der Waals surface area contributed by atoms with Gasteiger partial charge in [-0.15, -0.1) is 0 Å². The number of aliphatic hydroxyl groups excluding tert-OH is 1. The van der Waals surface area contributed by atoms with Crippen molar-refractivity contribution >= 4 is 0 Å². The zero-order valence-corrected chi connectivity index (χ0v) is 11.2. The first-order chi connectivity index (χ1) is 9.13. The van der Waals surface area contributed by atoms with Crippen LogP contribution in [0.2, 0.25) is 0 Å². The molecule has 1 unspecified atom stereocenters. The van der Waals surface area contributed by atoms with Crippen LogP contribution in [-0.2, 0) is 9.47 Å². The molecule has 0 amide bonds. The maximum absolute atomic E-state index is 13.7. The summed E-state index contributed by atoms with van der Waals surface area (Å²) in [5.74, 6) is -0.327. The summed E-state index contributed by atoms with van der Waals surface area (Å²) in [6, 6.07) is 4.46. The highest BCUT2D eigenvalue weighted by atomic mass is 19.1. The van der Waals surface area contributed by atoms with E-state index in [0.29, 0.717) is 31.6 Å².